The molecule has 0 amide bonds. The van der Waals surface area contributed by atoms with Crippen LogP contribution in [0.3, 0.4) is 0 Å². The van der Waals surface area contributed by atoms with E-state index in [0.29, 0.717) is 23.6 Å². The van der Waals surface area contributed by atoms with E-state index in [2.05, 4.69) is 31.3 Å². The highest BCUT2D eigenvalue weighted by Crippen LogP contribution is 2.30. The number of hydrogen-bond donors (Lipinski definition) is 1. The lowest BCUT2D eigenvalue weighted by Gasteiger charge is -2.11. The maximum Gasteiger partial charge on any atom is 0.361 e. The fourth-order valence-corrected chi connectivity index (χ4v) is 2.55. The Balaban J connectivity index is 1.85. The fourth-order valence-electron chi connectivity index (χ4n) is 2.29. The summed E-state index contributed by atoms with van der Waals surface area (Å²) >= 11 is 3.41. The zero-order chi connectivity index (χ0) is 17.6. The molecule has 0 unspecified atom stereocenters. The standard InChI is InChI=1S/C18H16BrN3O3/c1-2-24-18(23)17-16(20-22-21-17)14-5-3-4-6-15(14)25-11-12-7-9-13(19)10-8-12/h3-10H,2,11H2,1H3,(H,20,21,22). The quantitative estimate of drug-likeness (QED) is 0.631. The summed E-state index contributed by atoms with van der Waals surface area (Å²) < 4.78 is 12.0. The number of aromatic nitrogens is 3. The Labute approximate surface area is 153 Å². The molecule has 3 aromatic rings. The maximum atomic E-state index is 12.0. The fraction of sp³-hybridized carbons (Fsp3) is 0.167. The molecule has 2 aromatic carbocycles. The van der Waals surface area contributed by atoms with Crippen LogP contribution in [0.25, 0.3) is 11.3 Å². The number of H-pyrrole nitrogens is 1. The first-order valence-electron chi connectivity index (χ1n) is 7.73. The van der Waals surface area contributed by atoms with Crippen molar-refractivity contribution in [2.24, 2.45) is 0 Å². The largest absolute Gasteiger partial charge is 0.488 e. The topological polar surface area (TPSA) is 77.1 Å². The van der Waals surface area contributed by atoms with Crippen LogP contribution in [0, 0.1) is 0 Å². The van der Waals surface area contributed by atoms with E-state index in [1.54, 1.807) is 6.92 Å². The molecule has 1 heterocycles. The smallest absolute Gasteiger partial charge is 0.361 e. The zero-order valence-electron chi connectivity index (χ0n) is 13.5. The second-order valence-corrected chi connectivity index (χ2v) is 6.07. The number of nitrogens with zero attached hydrogens (tertiary/aromatic N) is 2. The predicted molar refractivity (Wildman–Crippen MR) is 96.2 cm³/mol. The maximum absolute atomic E-state index is 12.0. The van der Waals surface area contributed by atoms with E-state index in [9.17, 15) is 4.79 Å². The Kier molecular flexibility index (Phi) is 5.45. The van der Waals surface area contributed by atoms with Crippen molar-refractivity contribution < 1.29 is 14.3 Å². The van der Waals surface area contributed by atoms with Crippen molar-refractivity contribution in [2.75, 3.05) is 6.61 Å². The monoisotopic (exact) mass is 401 g/mol. The highest BCUT2D eigenvalue weighted by Gasteiger charge is 2.21. The summed E-state index contributed by atoms with van der Waals surface area (Å²) in [5.74, 6) is 0.0961. The number of halogens is 1. The Morgan fingerprint density at radius 1 is 1.12 bits per heavy atom. The third kappa shape index (κ3) is 4.06. The third-order valence-electron chi connectivity index (χ3n) is 3.47. The van der Waals surface area contributed by atoms with Gasteiger partial charge in [0, 0.05) is 10.0 Å². The molecule has 0 aliphatic carbocycles. The first kappa shape index (κ1) is 17.2. The van der Waals surface area contributed by atoms with Gasteiger partial charge in [0.25, 0.3) is 0 Å². The first-order chi connectivity index (χ1) is 12.2. The number of esters is 1. The molecule has 0 spiro atoms. The van der Waals surface area contributed by atoms with Crippen LogP contribution in [0.15, 0.2) is 53.0 Å². The van der Waals surface area contributed by atoms with Crippen molar-refractivity contribution >= 4 is 21.9 Å². The van der Waals surface area contributed by atoms with Gasteiger partial charge in [0.05, 0.1) is 6.61 Å². The molecule has 0 saturated carbocycles. The van der Waals surface area contributed by atoms with E-state index >= 15 is 0 Å². The van der Waals surface area contributed by atoms with E-state index in [1.165, 1.54) is 0 Å². The molecule has 0 aliphatic heterocycles. The van der Waals surface area contributed by atoms with Gasteiger partial charge >= 0.3 is 5.97 Å². The zero-order valence-corrected chi connectivity index (χ0v) is 15.1. The van der Waals surface area contributed by atoms with Crippen LogP contribution >= 0.6 is 15.9 Å². The normalized spacial score (nSPS) is 10.5. The number of rotatable bonds is 6. The van der Waals surface area contributed by atoms with Crippen molar-refractivity contribution in [3.63, 3.8) is 0 Å². The number of benzene rings is 2. The molecule has 3 rings (SSSR count). The third-order valence-corrected chi connectivity index (χ3v) is 4.00. The number of hydrogen-bond acceptors (Lipinski definition) is 5. The summed E-state index contributed by atoms with van der Waals surface area (Å²) in [6, 6.07) is 15.3. The minimum absolute atomic E-state index is 0.140. The molecule has 0 bridgehead atoms. The average molecular weight is 402 g/mol. The van der Waals surface area contributed by atoms with Crippen LogP contribution in [0.4, 0.5) is 0 Å². The average Bonchev–Trinajstić information content (AvgIpc) is 3.11. The van der Waals surface area contributed by atoms with Gasteiger partial charge < -0.3 is 9.47 Å². The van der Waals surface area contributed by atoms with E-state index in [0.717, 1.165) is 10.0 Å². The second kappa shape index (κ2) is 7.94. The Morgan fingerprint density at radius 2 is 1.88 bits per heavy atom. The van der Waals surface area contributed by atoms with Crippen molar-refractivity contribution in [3.8, 4) is 17.0 Å². The van der Waals surface area contributed by atoms with Gasteiger partial charge in [0.1, 0.15) is 18.1 Å². The molecule has 6 nitrogen and oxygen atoms in total. The Bertz CT molecular complexity index is 862. The molecule has 1 aromatic heterocycles. The summed E-state index contributed by atoms with van der Waals surface area (Å²) in [5.41, 5.74) is 2.26. The highest BCUT2D eigenvalue weighted by atomic mass is 79.9. The Morgan fingerprint density at radius 3 is 2.64 bits per heavy atom. The van der Waals surface area contributed by atoms with Gasteiger partial charge in [-0.2, -0.15) is 10.3 Å². The summed E-state index contributed by atoms with van der Waals surface area (Å²) in [7, 11) is 0. The molecule has 0 fully saturated rings. The van der Waals surface area contributed by atoms with Crippen molar-refractivity contribution in [1.82, 2.24) is 15.4 Å². The lowest BCUT2D eigenvalue weighted by molar-refractivity contribution is 0.0520. The van der Waals surface area contributed by atoms with Crippen LogP contribution in [0.1, 0.15) is 23.0 Å². The van der Waals surface area contributed by atoms with Crippen molar-refractivity contribution in [3.05, 3.63) is 64.3 Å². The molecule has 0 saturated heterocycles. The molecule has 0 radical (unpaired) electrons. The van der Waals surface area contributed by atoms with Gasteiger partial charge in [-0.25, -0.2) is 4.79 Å². The molecule has 7 heteroatoms. The molecule has 1 N–H and O–H groups in total. The van der Waals surface area contributed by atoms with Gasteiger partial charge in [0.15, 0.2) is 5.69 Å². The molecule has 0 aliphatic rings. The second-order valence-electron chi connectivity index (χ2n) is 5.15. The van der Waals surface area contributed by atoms with Crippen LogP contribution in [0.2, 0.25) is 0 Å². The lowest BCUT2D eigenvalue weighted by Crippen LogP contribution is -2.07. The van der Waals surface area contributed by atoms with E-state index in [-0.39, 0.29) is 12.3 Å². The van der Waals surface area contributed by atoms with Crippen LogP contribution in [-0.2, 0) is 11.3 Å². The number of ether oxygens (including phenoxy) is 2. The minimum atomic E-state index is -0.519. The van der Waals surface area contributed by atoms with Gasteiger partial charge in [-0.3, -0.25) is 0 Å². The van der Waals surface area contributed by atoms with Gasteiger partial charge in [-0.15, -0.1) is 5.10 Å². The van der Waals surface area contributed by atoms with Crippen LogP contribution < -0.4 is 4.74 Å². The highest BCUT2D eigenvalue weighted by molar-refractivity contribution is 9.10. The molecule has 25 heavy (non-hydrogen) atoms. The van der Waals surface area contributed by atoms with E-state index in [4.69, 9.17) is 9.47 Å². The summed E-state index contributed by atoms with van der Waals surface area (Å²) in [6.45, 7) is 2.41. The van der Waals surface area contributed by atoms with Crippen LogP contribution in [0.5, 0.6) is 5.75 Å². The van der Waals surface area contributed by atoms with Gasteiger partial charge in [0.2, 0.25) is 0 Å². The first-order valence-corrected chi connectivity index (χ1v) is 8.53. The molecule has 0 atom stereocenters. The summed E-state index contributed by atoms with van der Waals surface area (Å²) in [5, 5.41) is 10.5. The van der Waals surface area contributed by atoms with Crippen molar-refractivity contribution in [2.45, 2.75) is 13.5 Å². The van der Waals surface area contributed by atoms with Crippen molar-refractivity contribution in [1.29, 1.82) is 0 Å². The van der Waals surface area contributed by atoms with E-state index < -0.39 is 5.97 Å². The number of carbonyl (C=O) groups is 1. The lowest BCUT2D eigenvalue weighted by atomic mass is 10.1. The summed E-state index contributed by atoms with van der Waals surface area (Å²) in [4.78, 5) is 12.0. The molecule has 128 valence electrons. The molecular weight excluding hydrogens is 386 g/mol. The van der Waals surface area contributed by atoms with Gasteiger partial charge in [-0.1, -0.05) is 40.2 Å². The Hall–Kier alpha value is -2.67. The number of carbonyl (C=O) groups excluding carboxylic acids is 1. The summed E-state index contributed by atoms with van der Waals surface area (Å²) in [6.07, 6.45) is 0. The SMILES string of the molecule is CCOC(=O)c1n[nH]nc1-c1ccccc1OCc1ccc(Br)cc1. The number of para-hydroxylation sites is 1. The van der Waals surface area contributed by atoms with Crippen LogP contribution in [-0.4, -0.2) is 28.0 Å². The number of nitrogens with one attached hydrogen (secondary N) is 1. The number of aromatic amines is 1. The van der Waals surface area contributed by atoms with Gasteiger partial charge in [-0.05, 0) is 36.8 Å². The van der Waals surface area contributed by atoms with E-state index in [1.807, 2.05) is 48.5 Å². The minimum Gasteiger partial charge on any atom is -0.488 e. The molecular formula is C18H16BrN3O3. The predicted octanol–water partition coefficient (Wildman–Crippen LogP) is 3.99.